The number of fused-ring (bicyclic) bond motifs is 2. The van der Waals surface area contributed by atoms with Crippen LogP contribution in [0.3, 0.4) is 0 Å². The van der Waals surface area contributed by atoms with Gasteiger partial charge < -0.3 is 5.73 Å². The largest absolute Gasteiger partial charge is 0.330 e. The van der Waals surface area contributed by atoms with Gasteiger partial charge in [0, 0.05) is 12.8 Å². The molecule has 0 aliphatic heterocycles. The molecular weight excluding hydrogens is 222 g/mol. The summed E-state index contributed by atoms with van der Waals surface area (Å²) in [6.45, 7) is 5.18. The van der Waals surface area contributed by atoms with Crippen LogP contribution in [0.5, 0.6) is 0 Å². The fraction of sp³-hybridized carbons (Fsp3) is 0.938. The SMILES string of the molecule is CC(C)(CCN)CCC(=O)CC1CC2CCC1C2. The van der Waals surface area contributed by atoms with Crippen LogP contribution in [0.25, 0.3) is 0 Å². The fourth-order valence-corrected chi connectivity index (χ4v) is 4.01. The number of nitrogens with two attached hydrogens (primary N) is 1. The predicted octanol–water partition coefficient (Wildman–Crippen LogP) is 3.54. The molecule has 0 spiro atoms. The van der Waals surface area contributed by atoms with Crippen LogP contribution in [0.15, 0.2) is 0 Å². The molecule has 2 aliphatic carbocycles. The van der Waals surface area contributed by atoms with Crippen molar-refractivity contribution in [3.05, 3.63) is 0 Å². The van der Waals surface area contributed by atoms with Crippen LogP contribution in [0.2, 0.25) is 0 Å². The van der Waals surface area contributed by atoms with E-state index in [0.717, 1.165) is 50.0 Å². The first kappa shape index (κ1) is 14.0. The third-order valence-electron chi connectivity index (χ3n) is 5.28. The highest BCUT2D eigenvalue weighted by Crippen LogP contribution is 2.49. The van der Waals surface area contributed by atoms with E-state index in [4.69, 9.17) is 5.73 Å². The molecule has 2 heteroatoms. The van der Waals surface area contributed by atoms with Gasteiger partial charge in [0.1, 0.15) is 5.78 Å². The molecule has 0 radical (unpaired) electrons. The fourth-order valence-electron chi connectivity index (χ4n) is 4.01. The van der Waals surface area contributed by atoms with Crippen LogP contribution in [0.4, 0.5) is 0 Å². The van der Waals surface area contributed by atoms with E-state index in [-0.39, 0.29) is 5.41 Å². The predicted molar refractivity (Wildman–Crippen MR) is 75.2 cm³/mol. The maximum absolute atomic E-state index is 12.1. The number of hydrogen-bond donors (Lipinski definition) is 1. The molecular formula is C16H29NO. The third kappa shape index (κ3) is 3.57. The number of ketones is 1. The summed E-state index contributed by atoms with van der Waals surface area (Å²) >= 11 is 0. The second-order valence-corrected chi connectivity index (χ2v) is 7.38. The molecule has 2 rings (SSSR count). The Kier molecular flexibility index (Phi) is 4.47. The van der Waals surface area contributed by atoms with Gasteiger partial charge in [-0.15, -0.1) is 0 Å². The molecule has 18 heavy (non-hydrogen) atoms. The minimum atomic E-state index is 0.235. The van der Waals surface area contributed by atoms with E-state index < -0.39 is 0 Å². The Morgan fingerprint density at radius 2 is 2.00 bits per heavy atom. The van der Waals surface area contributed by atoms with Gasteiger partial charge in [-0.3, -0.25) is 4.79 Å². The van der Waals surface area contributed by atoms with Crippen molar-refractivity contribution in [3.8, 4) is 0 Å². The number of hydrogen-bond acceptors (Lipinski definition) is 2. The summed E-state index contributed by atoms with van der Waals surface area (Å²) in [6.07, 6.45) is 9.22. The van der Waals surface area contributed by atoms with Crippen LogP contribution < -0.4 is 5.73 Å². The Hall–Kier alpha value is -0.370. The topological polar surface area (TPSA) is 43.1 Å². The number of carbonyl (C=O) groups is 1. The molecule has 3 atom stereocenters. The molecule has 0 saturated heterocycles. The maximum atomic E-state index is 12.1. The van der Waals surface area contributed by atoms with Crippen LogP contribution >= 0.6 is 0 Å². The first-order valence-electron chi connectivity index (χ1n) is 7.72. The molecule has 0 aromatic rings. The monoisotopic (exact) mass is 251 g/mol. The quantitative estimate of drug-likeness (QED) is 0.752. The Labute approximate surface area is 112 Å². The van der Waals surface area contributed by atoms with Crippen LogP contribution in [-0.4, -0.2) is 12.3 Å². The van der Waals surface area contributed by atoms with Crippen molar-refractivity contribution in [1.29, 1.82) is 0 Å². The van der Waals surface area contributed by atoms with Gasteiger partial charge in [-0.2, -0.15) is 0 Å². The molecule has 3 unspecified atom stereocenters. The van der Waals surface area contributed by atoms with E-state index in [1.54, 1.807) is 0 Å². The van der Waals surface area contributed by atoms with Crippen LogP contribution in [-0.2, 0) is 4.79 Å². The molecule has 0 aromatic carbocycles. The molecule has 2 bridgehead atoms. The highest BCUT2D eigenvalue weighted by atomic mass is 16.1. The van der Waals surface area contributed by atoms with E-state index in [0.29, 0.717) is 5.78 Å². The van der Waals surface area contributed by atoms with Gasteiger partial charge in [-0.25, -0.2) is 0 Å². The van der Waals surface area contributed by atoms with Crippen molar-refractivity contribution in [1.82, 2.24) is 0 Å². The minimum absolute atomic E-state index is 0.235. The number of rotatable bonds is 7. The summed E-state index contributed by atoms with van der Waals surface area (Å²) < 4.78 is 0. The smallest absolute Gasteiger partial charge is 0.133 e. The van der Waals surface area contributed by atoms with Crippen molar-refractivity contribution >= 4 is 5.78 Å². The van der Waals surface area contributed by atoms with Crippen molar-refractivity contribution in [2.75, 3.05) is 6.54 Å². The van der Waals surface area contributed by atoms with Gasteiger partial charge in [-0.1, -0.05) is 20.3 Å². The van der Waals surface area contributed by atoms with Crippen molar-refractivity contribution in [3.63, 3.8) is 0 Å². The zero-order chi connectivity index (χ0) is 13.2. The van der Waals surface area contributed by atoms with E-state index in [1.165, 1.54) is 25.7 Å². The van der Waals surface area contributed by atoms with Gasteiger partial charge in [0.15, 0.2) is 0 Å². The normalized spacial score (nSPS) is 30.9. The van der Waals surface area contributed by atoms with Crippen LogP contribution in [0, 0.1) is 23.2 Å². The summed E-state index contributed by atoms with van der Waals surface area (Å²) in [5, 5.41) is 0. The third-order valence-corrected chi connectivity index (χ3v) is 5.28. The Morgan fingerprint density at radius 1 is 1.22 bits per heavy atom. The lowest BCUT2D eigenvalue weighted by Crippen LogP contribution is -2.20. The Bertz CT molecular complexity index is 297. The van der Waals surface area contributed by atoms with Gasteiger partial charge in [0.05, 0.1) is 0 Å². The van der Waals surface area contributed by atoms with Crippen LogP contribution in [0.1, 0.15) is 65.2 Å². The van der Waals surface area contributed by atoms with E-state index in [2.05, 4.69) is 13.8 Å². The van der Waals surface area contributed by atoms with E-state index in [1.807, 2.05) is 0 Å². The first-order valence-corrected chi connectivity index (χ1v) is 7.72. The second-order valence-electron chi connectivity index (χ2n) is 7.38. The summed E-state index contributed by atoms with van der Waals surface area (Å²) in [4.78, 5) is 12.1. The molecule has 0 heterocycles. The second kappa shape index (κ2) is 5.73. The lowest BCUT2D eigenvalue weighted by Gasteiger charge is -2.24. The Morgan fingerprint density at radius 3 is 2.56 bits per heavy atom. The minimum Gasteiger partial charge on any atom is -0.330 e. The average Bonchev–Trinajstić information content (AvgIpc) is 2.88. The molecule has 104 valence electrons. The lowest BCUT2D eigenvalue weighted by molar-refractivity contribution is -0.120. The van der Waals surface area contributed by atoms with E-state index in [9.17, 15) is 4.79 Å². The van der Waals surface area contributed by atoms with Gasteiger partial charge in [-0.05, 0) is 61.8 Å². The Balaban J connectivity index is 1.69. The number of Topliss-reactive ketones (excluding diaryl/α,β-unsaturated/α-hetero) is 1. The first-order chi connectivity index (χ1) is 8.50. The molecule has 2 N–H and O–H groups in total. The van der Waals surface area contributed by atoms with Gasteiger partial charge in [0.2, 0.25) is 0 Å². The average molecular weight is 251 g/mol. The molecule has 0 aromatic heterocycles. The molecule has 2 saturated carbocycles. The lowest BCUT2D eigenvalue weighted by atomic mass is 9.81. The van der Waals surface area contributed by atoms with Crippen molar-refractivity contribution in [2.45, 2.75) is 65.2 Å². The van der Waals surface area contributed by atoms with Crippen molar-refractivity contribution < 1.29 is 4.79 Å². The molecule has 2 fully saturated rings. The molecule has 2 aliphatic rings. The summed E-state index contributed by atoms with van der Waals surface area (Å²) in [6, 6.07) is 0. The standard InChI is InChI=1S/C16H29NO/c1-16(2,7-8-17)6-5-15(18)11-14-10-12-3-4-13(14)9-12/h12-14H,3-11,17H2,1-2H3. The molecule has 0 amide bonds. The zero-order valence-corrected chi connectivity index (χ0v) is 12.1. The van der Waals surface area contributed by atoms with Gasteiger partial charge in [0.25, 0.3) is 0 Å². The highest BCUT2D eigenvalue weighted by molar-refractivity contribution is 5.78. The maximum Gasteiger partial charge on any atom is 0.133 e. The summed E-state index contributed by atoms with van der Waals surface area (Å²) in [5.41, 5.74) is 5.84. The summed E-state index contributed by atoms with van der Waals surface area (Å²) in [7, 11) is 0. The molecule has 2 nitrogen and oxygen atoms in total. The summed E-state index contributed by atoms with van der Waals surface area (Å²) in [5.74, 6) is 3.07. The van der Waals surface area contributed by atoms with E-state index >= 15 is 0 Å². The number of carbonyl (C=O) groups excluding carboxylic acids is 1. The van der Waals surface area contributed by atoms with Crippen molar-refractivity contribution in [2.24, 2.45) is 28.9 Å². The van der Waals surface area contributed by atoms with Gasteiger partial charge >= 0.3 is 0 Å². The zero-order valence-electron chi connectivity index (χ0n) is 12.1. The highest BCUT2D eigenvalue weighted by Gasteiger charge is 2.39.